The number of ether oxygens (including phenoxy) is 1. The minimum Gasteiger partial charge on any atom is -0.473 e. The highest BCUT2D eigenvalue weighted by atomic mass is 16.5. The number of nitrogens with one attached hydrogen (secondary N) is 1. The second-order valence-corrected chi connectivity index (χ2v) is 4.96. The Morgan fingerprint density at radius 1 is 1.15 bits per heavy atom. The summed E-state index contributed by atoms with van der Waals surface area (Å²) in [7, 11) is 1.84. The monoisotopic (exact) mass is 289 g/mol. The third-order valence-corrected chi connectivity index (χ3v) is 3.62. The molecule has 0 aromatic carbocycles. The SMILES string of the molecule is CCC(CC)NC1CCCCC1OC.O=C(O)C(=O)O. The standard InChI is InChI=1S/C12H25NO.C2H2O4/c1-4-10(5-2)13-11-8-6-7-9-12(11)14-3;3-1(4)2(5)6/h10-13H,4-9H2,1-3H3;(H,3,4)(H,5,6). The van der Waals surface area contributed by atoms with E-state index in [1.807, 2.05) is 7.11 Å². The second kappa shape index (κ2) is 10.6. The fourth-order valence-electron chi connectivity index (χ4n) is 2.40. The third-order valence-electron chi connectivity index (χ3n) is 3.62. The summed E-state index contributed by atoms with van der Waals surface area (Å²) in [6.45, 7) is 4.51. The Morgan fingerprint density at radius 2 is 1.65 bits per heavy atom. The molecule has 1 fully saturated rings. The van der Waals surface area contributed by atoms with Crippen molar-refractivity contribution in [1.82, 2.24) is 5.32 Å². The van der Waals surface area contributed by atoms with Gasteiger partial charge in [-0.3, -0.25) is 0 Å². The molecule has 3 N–H and O–H groups in total. The molecule has 2 unspecified atom stereocenters. The van der Waals surface area contributed by atoms with Gasteiger partial charge in [-0.25, -0.2) is 9.59 Å². The lowest BCUT2D eigenvalue weighted by Gasteiger charge is -2.33. The maximum Gasteiger partial charge on any atom is 0.414 e. The topological polar surface area (TPSA) is 95.9 Å². The number of methoxy groups -OCH3 is 1. The molecule has 0 heterocycles. The molecule has 0 aromatic rings. The molecule has 0 aromatic heterocycles. The zero-order chi connectivity index (χ0) is 15.5. The summed E-state index contributed by atoms with van der Waals surface area (Å²) in [6.07, 6.45) is 8.11. The number of carbonyl (C=O) groups is 2. The largest absolute Gasteiger partial charge is 0.473 e. The van der Waals surface area contributed by atoms with Crippen molar-refractivity contribution in [3.63, 3.8) is 0 Å². The molecule has 20 heavy (non-hydrogen) atoms. The number of carboxylic acids is 2. The average Bonchev–Trinajstić information content (AvgIpc) is 2.45. The van der Waals surface area contributed by atoms with Gasteiger partial charge in [0.2, 0.25) is 0 Å². The van der Waals surface area contributed by atoms with E-state index >= 15 is 0 Å². The van der Waals surface area contributed by atoms with Crippen molar-refractivity contribution >= 4 is 11.9 Å². The third kappa shape index (κ3) is 7.45. The van der Waals surface area contributed by atoms with Crippen LogP contribution in [0.1, 0.15) is 52.4 Å². The van der Waals surface area contributed by atoms with E-state index in [2.05, 4.69) is 19.2 Å². The van der Waals surface area contributed by atoms with Gasteiger partial charge in [0.25, 0.3) is 0 Å². The molecule has 6 heteroatoms. The van der Waals surface area contributed by atoms with Crippen molar-refractivity contribution in [2.24, 2.45) is 0 Å². The lowest BCUT2D eigenvalue weighted by Crippen LogP contribution is -2.47. The number of aliphatic carboxylic acids is 2. The lowest BCUT2D eigenvalue weighted by atomic mass is 9.91. The quantitative estimate of drug-likeness (QED) is 0.669. The number of hydrogen-bond donors (Lipinski definition) is 3. The highest BCUT2D eigenvalue weighted by Gasteiger charge is 2.25. The predicted octanol–water partition coefficient (Wildman–Crippen LogP) is 1.88. The summed E-state index contributed by atoms with van der Waals surface area (Å²) in [5.41, 5.74) is 0. The molecule has 6 nitrogen and oxygen atoms in total. The van der Waals surface area contributed by atoms with Crippen LogP contribution in [0.5, 0.6) is 0 Å². The molecule has 1 aliphatic rings. The van der Waals surface area contributed by atoms with Crippen LogP contribution in [0.15, 0.2) is 0 Å². The van der Waals surface area contributed by atoms with Crippen LogP contribution >= 0.6 is 0 Å². The normalized spacial score (nSPS) is 22.0. The fraction of sp³-hybridized carbons (Fsp3) is 0.857. The van der Waals surface area contributed by atoms with Crippen molar-refractivity contribution in [2.45, 2.75) is 70.6 Å². The van der Waals surface area contributed by atoms with E-state index in [-0.39, 0.29) is 0 Å². The first-order chi connectivity index (χ1) is 9.46. The van der Waals surface area contributed by atoms with Crippen molar-refractivity contribution in [2.75, 3.05) is 7.11 Å². The summed E-state index contributed by atoms with van der Waals surface area (Å²) in [6, 6.07) is 1.27. The highest BCUT2D eigenvalue weighted by Crippen LogP contribution is 2.21. The second-order valence-electron chi connectivity index (χ2n) is 4.96. The molecule has 0 aliphatic heterocycles. The average molecular weight is 289 g/mol. The van der Waals surface area contributed by atoms with Gasteiger partial charge in [-0.1, -0.05) is 26.7 Å². The molecular weight excluding hydrogens is 262 g/mol. The Morgan fingerprint density at radius 3 is 2.05 bits per heavy atom. The first-order valence-corrected chi connectivity index (χ1v) is 7.21. The number of hydrogen-bond acceptors (Lipinski definition) is 4. The van der Waals surface area contributed by atoms with Crippen molar-refractivity contribution < 1.29 is 24.5 Å². The summed E-state index contributed by atoms with van der Waals surface area (Å²) < 4.78 is 5.53. The molecule has 0 radical (unpaired) electrons. The Hall–Kier alpha value is -1.14. The lowest BCUT2D eigenvalue weighted by molar-refractivity contribution is -0.159. The molecule has 1 aliphatic carbocycles. The molecule has 0 amide bonds. The maximum absolute atomic E-state index is 9.10. The van der Waals surface area contributed by atoms with Crippen LogP contribution in [-0.4, -0.2) is 47.4 Å². The molecule has 0 spiro atoms. The van der Waals surface area contributed by atoms with Gasteiger partial charge in [-0.15, -0.1) is 0 Å². The zero-order valence-electron chi connectivity index (χ0n) is 12.6. The highest BCUT2D eigenvalue weighted by molar-refractivity contribution is 6.27. The van der Waals surface area contributed by atoms with Crippen LogP contribution in [-0.2, 0) is 14.3 Å². The van der Waals surface area contributed by atoms with E-state index in [1.54, 1.807) is 0 Å². The zero-order valence-corrected chi connectivity index (χ0v) is 12.6. The van der Waals surface area contributed by atoms with E-state index in [0.717, 1.165) is 0 Å². The molecule has 2 atom stereocenters. The molecular formula is C14H27NO5. The van der Waals surface area contributed by atoms with Crippen LogP contribution in [0.4, 0.5) is 0 Å². The Kier molecular flexibility index (Phi) is 10.0. The van der Waals surface area contributed by atoms with E-state index < -0.39 is 11.9 Å². The van der Waals surface area contributed by atoms with Crippen LogP contribution in [0, 0.1) is 0 Å². The molecule has 0 bridgehead atoms. The van der Waals surface area contributed by atoms with Gasteiger partial charge in [0, 0.05) is 19.2 Å². The van der Waals surface area contributed by atoms with Gasteiger partial charge in [0.05, 0.1) is 6.10 Å². The summed E-state index contributed by atoms with van der Waals surface area (Å²) in [4.78, 5) is 18.2. The van der Waals surface area contributed by atoms with Crippen LogP contribution in [0.2, 0.25) is 0 Å². The van der Waals surface area contributed by atoms with Gasteiger partial charge in [0.1, 0.15) is 0 Å². The smallest absolute Gasteiger partial charge is 0.414 e. The van der Waals surface area contributed by atoms with Crippen molar-refractivity contribution in [1.29, 1.82) is 0 Å². The summed E-state index contributed by atoms with van der Waals surface area (Å²) >= 11 is 0. The van der Waals surface area contributed by atoms with Crippen molar-refractivity contribution in [3.8, 4) is 0 Å². The van der Waals surface area contributed by atoms with E-state index in [1.165, 1.54) is 38.5 Å². The van der Waals surface area contributed by atoms with Crippen molar-refractivity contribution in [3.05, 3.63) is 0 Å². The van der Waals surface area contributed by atoms with E-state index in [9.17, 15) is 0 Å². The van der Waals surface area contributed by atoms with Crippen LogP contribution < -0.4 is 5.32 Å². The Bertz CT molecular complexity index is 279. The predicted molar refractivity (Wildman–Crippen MR) is 75.8 cm³/mol. The Labute approximate surface area is 120 Å². The minimum absolute atomic E-state index is 0.448. The van der Waals surface area contributed by atoms with E-state index in [4.69, 9.17) is 24.5 Å². The van der Waals surface area contributed by atoms with Gasteiger partial charge >= 0.3 is 11.9 Å². The Balaban J connectivity index is 0.000000511. The first-order valence-electron chi connectivity index (χ1n) is 7.21. The van der Waals surface area contributed by atoms with Gasteiger partial charge in [0.15, 0.2) is 0 Å². The summed E-state index contributed by atoms with van der Waals surface area (Å²) in [5.74, 6) is -3.65. The molecule has 1 saturated carbocycles. The first kappa shape index (κ1) is 18.9. The van der Waals surface area contributed by atoms with E-state index in [0.29, 0.717) is 18.2 Å². The fourth-order valence-corrected chi connectivity index (χ4v) is 2.40. The number of rotatable bonds is 5. The van der Waals surface area contributed by atoms with Crippen LogP contribution in [0.3, 0.4) is 0 Å². The number of carboxylic acid groups (broad SMARTS) is 2. The van der Waals surface area contributed by atoms with Crippen LogP contribution in [0.25, 0.3) is 0 Å². The summed E-state index contributed by atoms with van der Waals surface area (Å²) in [5, 5.41) is 18.5. The van der Waals surface area contributed by atoms with Gasteiger partial charge in [-0.05, 0) is 25.7 Å². The van der Waals surface area contributed by atoms with Gasteiger partial charge < -0.3 is 20.3 Å². The molecule has 118 valence electrons. The molecule has 0 saturated heterocycles. The van der Waals surface area contributed by atoms with Gasteiger partial charge in [-0.2, -0.15) is 0 Å². The maximum atomic E-state index is 9.10. The molecule has 1 rings (SSSR count). The minimum atomic E-state index is -1.82.